The summed E-state index contributed by atoms with van der Waals surface area (Å²) in [4.78, 5) is 28.8. The SMILES string of the molecule is O=CC(=O)C(O)C=O. The molecule has 8 heavy (non-hydrogen) atoms. The molecule has 0 aliphatic rings. The first-order valence-electron chi connectivity index (χ1n) is 1.84. The number of aliphatic hydroxyl groups is 1. The highest BCUT2D eigenvalue weighted by atomic mass is 16.3. The van der Waals surface area contributed by atoms with Crippen molar-refractivity contribution in [1.82, 2.24) is 0 Å². The van der Waals surface area contributed by atoms with Gasteiger partial charge in [-0.15, -0.1) is 0 Å². The van der Waals surface area contributed by atoms with Crippen molar-refractivity contribution in [2.24, 2.45) is 0 Å². The van der Waals surface area contributed by atoms with Crippen LogP contribution in [0.4, 0.5) is 0 Å². The van der Waals surface area contributed by atoms with E-state index in [4.69, 9.17) is 5.11 Å². The normalized spacial score (nSPS) is 12.1. The van der Waals surface area contributed by atoms with Crippen LogP contribution in [0.5, 0.6) is 0 Å². The minimum atomic E-state index is -1.77. The second-order valence-corrected chi connectivity index (χ2v) is 1.10. The highest BCUT2D eigenvalue weighted by molar-refractivity contribution is 6.30. The van der Waals surface area contributed by atoms with E-state index < -0.39 is 11.9 Å². The number of hydrogen-bond donors (Lipinski definition) is 1. The highest BCUT2D eigenvalue weighted by Crippen LogP contribution is 1.73. The Bertz CT molecular complexity index is 117. The van der Waals surface area contributed by atoms with Crippen LogP contribution >= 0.6 is 0 Å². The van der Waals surface area contributed by atoms with Crippen molar-refractivity contribution in [2.45, 2.75) is 6.10 Å². The number of hydrogen-bond acceptors (Lipinski definition) is 4. The van der Waals surface area contributed by atoms with Crippen LogP contribution in [-0.4, -0.2) is 29.6 Å². The number of ketones is 1. The molecule has 0 aliphatic heterocycles. The summed E-state index contributed by atoms with van der Waals surface area (Å²) < 4.78 is 0. The standard InChI is InChI=1S/C4H4O4/c5-1-3(7)4(8)2-6/h1-3,7H. The molecule has 0 bridgehead atoms. The number of rotatable bonds is 3. The molecule has 0 fully saturated rings. The fourth-order valence-corrected chi connectivity index (χ4v) is 0.137. The largest absolute Gasteiger partial charge is 0.377 e. The zero-order valence-corrected chi connectivity index (χ0v) is 3.90. The van der Waals surface area contributed by atoms with Crippen LogP contribution < -0.4 is 0 Å². The third kappa shape index (κ3) is 1.61. The van der Waals surface area contributed by atoms with E-state index in [1.54, 1.807) is 0 Å². The van der Waals surface area contributed by atoms with Gasteiger partial charge in [-0.1, -0.05) is 0 Å². The van der Waals surface area contributed by atoms with Gasteiger partial charge in [0.05, 0.1) is 0 Å². The van der Waals surface area contributed by atoms with E-state index >= 15 is 0 Å². The van der Waals surface area contributed by atoms with Crippen LogP contribution in [0.1, 0.15) is 0 Å². The number of carbonyl (C=O) groups is 3. The van der Waals surface area contributed by atoms with Crippen molar-refractivity contribution in [1.29, 1.82) is 0 Å². The maximum atomic E-state index is 9.89. The Kier molecular flexibility index (Phi) is 2.64. The molecule has 0 aromatic carbocycles. The zero-order valence-electron chi connectivity index (χ0n) is 3.90. The lowest BCUT2D eigenvalue weighted by atomic mass is 10.3. The monoisotopic (exact) mass is 116 g/mol. The van der Waals surface area contributed by atoms with E-state index in [0.717, 1.165) is 0 Å². The van der Waals surface area contributed by atoms with Gasteiger partial charge in [0, 0.05) is 0 Å². The lowest BCUT2D eigenvalue weighted by Crippen LogP contribution is -2.22. The Morgan fingerprint density at radius 3 is 2.12 bits per heavy atom. The van der Waals surface area contributed by atoms with E-state index in [2.05, 4.69) is 0 Å². The summed E-state index contributed by atoms with van der Waals surface area (Å²) in [5.74, 6) is -1.11. The molecule has 1 unspecified atom stereocenters. The molecular weight excluding hydrogens is 112 g/mol. The molecule has 0 radical (unpaired) electrons. The third-order valence-electron chi connectivity index (χ3n) is 0.537. The molecular formula is C4H4O4. The maximum Gasteiger partial charge on any atom is 0.230 e. The molecule has 0 rings (SSSR count). The fraction of sp³-hybridized carbons (Fsp3) is 0.250. The number of aliphatic hydroxyl groups excluding tert-OH is 1. The van der Waals surface area contributed by atoms with Crippen LogP contribution in [0, 0.1) is 0 Å². The lowest BCUT2D eigenvalue weighted by Gasteiger charge is -1.88. The summed E-state index contributed by atoms with van der Waals surface area (Å²) in [5, 5.41) is 8.18. The van der Waals surface area contributed by atoms with Gasteiger partial charge in [-0.2, -0.15) is 0 Å². The average Bonchev–Trinajstić information content (AvgIpc) is 1.84. The van der Waals surface area contributed by atoms with Crippen LogP contribution in [0.25, 0.3) is 0 Å². The molecule has 0 aromatic heterocycles. The summed E-state index contributed by atoms with van der Waals surface area (Å²) >= 11 is 0. The second kappa shape index (κ2) is 3.04. The molecule has 0 heterocycles. The third-order valence-corrected chi connectivity index (χ3v) is 0.537. The van der Waals surface area contributed by atoms with E-state index in [9.17, 15) is 14.4 Å². The van der Waals surface area contributed by atoms with E-state index in [1.165, 1.54) is 0 Å². The van der Waals surface area contributed by atoms with Crippen molar-refractivity contribution >= 4 is 18.4 Å². The van der Waals surface area contributed by atoms with Gasteiger partial charge in [0.1, 0.15) is 0 Å². The molecule has 1 N–H and O–H groups in total. The first kappa shape index (κ1) is 6.97. The molecule has 44 valence electrons. The molecule has 4 nitrogen and oxygen atoms in total. The van der Waals surface area contributed by atoms with Crippen molar-refractivity contribution in [3.63, 3.8) is 0 Å². The average molecular weight is 116 g/mol. The molecule has 0 aliphatic carbocycles. The number of carbonyl (C=O) groups excluding carboxylic acids is 3. The molecule has 0 saturated carbocycles. The maximum absolute atomic E-state index is 9.89. The number of aldehydes is 2. The molecule has 4 heteroatoms. The predicted molar refractivity (Wildman–Crippen MR) is 23.1 cm³/mol. The van der Waals surface area contributed by atoms with Crippen molar-refractivity contribution in [3.05, 3.63) is 0 Å². The van der Waals surface area contributed by atoms with Crippen LogP contribution in [0.15, 0.2) is 0 Å². The molecule has 0 spiro atoms. The van der Waals surface area contributed by atoms with E-state index in [0.29, 0.717) is 0 Å². The van der Waals surface area contributed by atoms with Gasteiger partial charge >= 0.3 is 0 Å². The summed E-state index contributed by atoms with van der Waals surface area (Å²) in [5.41, 5.74) is 0. The van der Waals surface area contributed by atoms with Gasteiger partial charge in [-0.05, 0) is 0 Å². The van der Waals surface area contributed by atoms with Crippen LogP contribution in [0.3, 0.4) is 0 Å². The Balaban J connectivity index is 3.80. The van der Waals surface area contributed by atoms with Crippen molar-refractivity contribution in [2.75, 3.05) is 0 Å². The minimum absolute atomic E-state index is 0.00324. The van der Waals surface area contributed by atoms with E-state index in [-0.39, 0.29) is 12.6 Å². The van der Waals surface area contributed by atoms with Gasteiger partial charge < -0.3 is 5.11 Å². The van der Waals surface area contributed by atoms with E-state index in [1.807, 2.05) is 0 Å². The summed E-state index contributed by atoms with van der Waals surface area (Å²) in [6, 6.07) is 0. The zero-order chi connectivity index (χ0) is 6.57. The van der Waals surface area contributed by atoms with Gasteiger partial charge in [0.2, 0.25) is 5.78 Å². The topological polar surface area (TPSA) is 71.4 Å². The highest BCUT2D eigenvalue weighted by Gasteiger charge is 2.10. The minimum Gasteiger partial charge on any atom is -0.377 e. The predicted octanol–water partition coefficient (Wildman–Crippen LogP) is -1.69. The van der Waals surface area contributed by atoms with Gasteiger partial charge in [0.15, 0.2) is 18.7 Å². The Morgan fingerprint density at radius 1 is 1.50 bits per heavy atom. The van der Waals surface area contributed by atoms with Crippen LogP contribution in [0.2, 0.25) is 0 Å². The first-order chi connectivity index (χ1) is 3.72. The number of Topliss-reactive ketones (excluding diaryl/α,β-unsaturated/α-hetero) is 1. The first-order valence-corrected chi connectivity index (χ1v) is 1.84. The van der Waals surface area contributed by atoms with Gasteiger partial charge in [-0.3, -0.25) is 14.4 Å². The quantitative estimate of drug-likeness (QED) is 0.271. The lowest BCUT2D eigenvalue weighted by molar-refractivity contribution is -0.138. The molecule has 0 aromatic rings. The van der Waals surface area contributed by atoms with Crippen molar-refractivity contribution < 1.29 is 19.5 Å². The Labute approximate surface area is 45.1 Å². The molecule has 0 saturated heterocycles. The fourth-order valence-electron chi connectivity index (χ4n) is 0.137. The second-order valence-electron chi connectivity index (χ2n) is 1.10. The van der Waals surface area contributed by atoms with Gasteiger partial charge in [0.25, 0.3) is 0 Å². The smallest absolute Gasteiger partial charge is 0.230 e. The van der Waals surface area contributed by atoms with Crippen LogP contribution in [-0.2, 0) is 14.4 Å². The van der Waals surface area contributed by atoms with Gasteiger partial charge in [-0.25, -0.2) is 0 Å². The summed E-state index contributed by atoms with van der Waals surface area (Å²) in [6.07, 6.45) is -1.87. The molecule has 0 amide bonds. The van der Waals surface area contributed by atoms with Crippen molar-refractivity contribution in [3.8, 4) is 0 Å². The summed E-state index contributed by atoms with van der Waals surface area (Å²) in [7, 11) is 0. The molecule has 1 atom stereocenters. The Hall–Kier alpha value is -1.03. The Morgan fingerprint density at radius 2 is 2.00 bits per heavy atom. The summed E-state index contributed by atoms with van der Waals surface area (Å²) in [6.45, 7) is 0.